The average Bonchev–Trinajstić information content (AvgIpc) is 2.47. The molecule has 0 atom stereocenters. The van der Waals surface area contributed by atoms with Gasteiger partial charge in [-0.25, -0.2) is 0 Å². The standard InChI is InChI=1S/C15H19N3O5/c1-10(19)18(2)9-13(20)17-12-5-3-11(4-6-12)15(23)16-8-7-14(21)22/h3-6H,7-9H2,1-2H3,(H,16,23)(H,17,20)(H,21,22). The topological polar surface area (TPSA) is 116 Å². The zero-order valence-corrected chi connectivity index (χ0v) is 13.0. The first-order valence-corrected chi connectivity index (χ1v) is 6.91. The summed E-state index contributed by atoms with van der Waals surface area (Å²) in [5.74, 6) is -1.94. The van der Waals surface area contributed by atoms with Crippen LogP contribution in [0.5, 0.6) is 0 Å². The van der Waals surface area contributed by atoms with Crippen LogP contribution in [0.1, 0.15) is 23.7 Å². The number of benzene rings is 1. The van der Waals surface area contributed by atoms with Gasteiger partial charge in [-0.3, -0.25) is 19.2 Å². The zero-order valence-electron chi connectivity index (χ0n) is 13.0. The summed E-state index contributed by atoms with van der Waals surface area (Å²) in [6.07, 6.45) is -0.149. The van der Waals surface area contributed by atoms with Crippen LogP contribution >= 0.6 is 0 Å². The predicted molar refractivity (Wildman–Crippen MR) is 83.0 cm³/mol. The van der Waals surface area contributed by atoms with Gasteiger partial charge in [0.25, 0.3) is 5.91 Å². The molecule has 0 heterocycles. The fraction of sp³-hybridized carbons (Fsp3) is 0.333. The summed E-state index contributed by atoms with van der Waals surface area (Å²) < 4.78 is 0. The number of amides is 3. The molecule has 1 aromatic carbocycles. The highest BCUT2D eigenvalue weighted by Gasteiger charge is 2.10. The first-order chi connectivity index (χ1) is 10.8. The minimum absolute atomic E-state index is 0.0457. The molecule has 0 unspecified atom stereocenters. The molecule has 23 heavy (non-hydrogen) atoms. The van der Waals surface area contributed by atoms with E-state index in [4.69, 9.17) is 5.11 Å². The van der Waals surface area contributed by atoms with Crippen LogP contribution in [-0.4, -0.2) is 53.8 Å². The van der Waals surface area contributed by atoms with E-state index in [1.165, 1.54) is 31.0 Å². The average molecular weight is 321 g/mol. The van der Waals surface area contributed by atoms with Gasteiger partial charge in [0.2, 0.25) is 11.8 Å². The van der Waals surface area contributed by atoms with Crippen LogP contribution in [0.15, 0.2) is 24.3 Å². The van der Waals surface area contributed by atoms with Crippen LogP contribution in [0, 0.1) is 0 Å². The van der Waals surface area contributed by atoms with Gasteiger partial charge < -0.3 is 20.6 Å². The molecular weight excluding hydrogens is 302 g/mol. The highest BCUT2D eigenvalue weighted by molar-refractivity contribution is 5.96. The number of carbonyl (C=O) groups is 4. The summed E-state index contributed by atoms with van der Waals surface area (Å²) in [4.78, 5) is 46.1. The first kappa shape index (κ1) is 18.1. The van der Waals surface area contributed by atoms with Crippen molar-refractivity contribution >= 4 is 29.4 Å². The van der Waals surface area contributed by atoms with E-state index < -0.39 is 5.97 Å². The number of carboxylic acid groups (broad SMARTS) is 1. The fourth-order valence-corrected chi connectivity index (χ4v) is 1.62. The highest BCUT2D eigenvalue weighted by Crippen LogP contribution is 2.09. The molecule has 8 heteroatoms. The van der Waals surface area contributed by atoms with Crippen molar-refractivity contribution in [3.63, 3.8) is 0 Å². The van der Waals surface area contributed by atoms with Crippen molar-refractivity contribution in [2.75, 3.05) is 25.5 Å². The normalized spacial score (nSPS) is 9.83. The van der Waals surface area contributed by atoms with Gasteiger partial charge >= 0.3 is 5.97 Å². The molecular formula is C15H19N3O5. The molecule has 0 fully saturated rings. The highest BCUT2D eigenvalue weighted by atomic mass is 16.4. The maximum Gasteiger partial charge on any atom is 0.305 e. The second kappa shape index (κ2) is 8.52. The second-order valence-electron chi connectivity index (χ2n) is 4.90. The van der Waals surface area contributed by atoms with E-state index in [1.54, 1.807) is 12.1 Å². The number of hydrogen-bond donors (Lipinski definition) is 3. The summed E-state index contributed by atoms with van der Waals surface area (Å²) in [5.41, 5.74) is 0.850. The third-order valence-corrected chi connectivity index (χ3v) is 2.97. The molecule has 1 rings (SSSR count). The molecule has 8 nitrogen and oxygen atoms in total. The summed E-state index contributed by atoms with van der Waals surface area (Å²) in [7, 11) is 1.52. The van der Waals surface area contributed by atoms with Crippen molar-refractivity contribution in [3.05, 3.63) is 29.8 Å². The molecule has 0 saturated heterocycles. The third-order valence-electron chi connectivity index (χ3n) is 2.97. The maximum absolute atomic E-state index is 11.7. The smallest absolute Gasteiger partial charge is 0.305 e. The number of anilines is 1. The van der Waals surface area contributed by atoms with E-state index in [0.717, 1.165) is 0 Å². The summed E-state index contributed by atoms with van der Waals surface area (Å²) >= 11 is 0. The molecule has 3 amide bonds. The molecule has 0 saturated carbocycles. The van der Waals surface area contributed by atoms with Gasteiger partial charge in [0.15, 0.2) is 0 Å². The number of carboxylic acids is 1. The molecule has 3 N–H and O–H groups in total. The lowest BCUT2D eigenvalue weighted by Crippen LogP contribution is -2.33. The Bertz CT molecular complexity index is 598. The molecule has 0 aliphatic heterocycles. The zero-order chi connectivity index (χ0) is 17.4. The SMILES string of the molecule is CC(=O)N(C)CC(=O)Nc1ccc(C(=O)NCCC(=O)O)cc1. The van der Waals surface area contributed by atoms with Crippen molar-refractivity contribution in [2.24, 2.45) is 0 Å². The lowest BCUT2D eigenvalue weighted by molar-refractivity contribution is -0.136. The van der Waals surface area contributed by atoms with Crippen LogP contribution in [0.4, 0.5) is 5.69 Å². The van der Waals surface area contributed by atoms with Gasteiger partial charge in [-0.1, -0.05) is 0 Å². The lowest BCUT2D eigenvalue weighted by atomic mass is 10.2. The van der Waals surface area contributed by atoms with Crippen LogP contribution in [0.2, 0.25) is 0 Å². The van der Waals surface area contributed by atoms with Gasteiger partial charge in [0.05, 0.1) is 13.0 Å². The number of carbonyl (C=O) groups excluding carboxylic acids is 3. The Morgan fingerprint density at radius 2 is 1.74 bits per heavy atom. The number of hydrogen-bond acceptors (Lipinski definition) is 4. The number of nitrogens with zero attached hydrogens (tertiary/aromatic N) is 1. The number of nitrogens with one attached hydrogen (secondary N) is 2. The molecule has 124 valence electrons. The molecule has 0 aliphatic rings. The van der Waals surface area contributed by atoms with E-state index in [9.17, 15) is 19.2 Å². The van der Waals surface area contributed by atoms with E-state index in [2.05, 4.69) is 10.6 Å². The Hall–Kier alpha value is -2.90. The molecule has 1 aromatic rings. The van der Waals surface area contributed by atoms with Gasteiger partial charge in [-0.2, -0.15) is 0 Å². The number of likely N-dealkylation sites (N-methyl/N-ethyl adjacent to an activating group) is 1. The summed E-state index contributed by atoms with van der Waals surface area (Å²) in [6, 6.07) is 6.14. The quantitative estimate of drug-likeness (QED) is 0.668. The van der Waals surface area contributed by atoms with Crippen molar-refractivity contribution in [1.29, 1.82) is 0 Å². The van der Waals surface area contributed by atoms with Crippen molar-refractivity contribution < 1.29 is 24.3 Å². The summed E-state index contributed by atoms with van der Waals surface area (Å²) in [6.45, 7) is 1.35. The molecule has 0 bridgehead atoms. The largest absolute Gasteiger partial charge is 0.481 e. The fourth-order valence-electron chi connectivity index (χ4n) is 1.62. The Labute approximate surface area is 133 Å². The van der Waals surface area contributed by atoms with Crippen molar-refractivity contribution in [1.82, 2.24) is 10.2 Å². The number of rotatable bonds is 7. The van der Waals surface area contributed by atoms with E-state index in [0.29, 0.717) is 11.3 Å². The molecule has 0 aromatic heterocycles. The van der Waals surface area contributed by atoms with E-state index in [1.807, 2.05) is 0 Å². The lowest BCUT2D eigenvalue weighted by Gasteiger charge is -2.14. The van der Waals surface area contributed by atoms with Gasteiger partial charge in [-0.05, 0) is 24.3 Å². The Morgan fingerprint density at radius 3 is 2.26 bits per heavy atom. The second-order valence-corrected chi connectivity index (χ2v) is 4.90. The number of aliphatic carboxylic acids is 1. The van der Waals surface area contributed by atoms with Crippen molar-refractivity contribution in [3.8, 4) is 0 Å². The van der Waals surface area contributed by atoms with E-state index >= 15 is 0 Å². The van der Waals surface area contributed by atoms with Gasteiger partial charge in [0, 0.05) is 31.8 Å². The Kier molecular flexibility index (Phi) is 6.72. The molecule has 0 radical (unpaired) electrons. The van der Waals surface area contributed by atoms with Crippen LogP contribution < -0.4 is 10.6 Å². The van der Waals surface area contributed by atoms with Crippen molar-refractivity contribution in [2.45, 2.75) is 13.3 Å². The third kappa shape index (κ3) is 6.60. The Morgan fingerprint density at radius 1 is 1.13 bits per heavy atom. The van der Waals surface area contributed by atoms with E-state index in [-0.39, 0.29) is 37.2 Å². The predicted octanol–water partition coefficient (Wildman–Crippen LogP) is 0.308. The minimum atomic E-state index is -0.987. The van der Waals surface area contributed by atoms with Crippen LogP contribution in [0.3, 0.4) is 0 Å². The van der Waals surface area contributed by atoms with Gasteiger partial charge in [0.1, 0.15) is 0 Å². The van der Waals surface area contributed by atoms with Crippen LogP contribution in [-0.2, 0) is 14.4 Å². The van der Waals surface area contributed by atoms with Gasteiger partial charge in [-0.15, -0.1) is 0 Å². The maximum atomic E-state index is 11.7. The minimum Gasteiger partial charge on any atom is -0.481 e. The monoisotopic (exact) mass is 321 g/mol. The molecule has 0 aliphatic carbocycles. The molecule has 0 spiro atoms. The summed E-state index contributed by atoms with van der Waals surface area (Å²) in [5, 5.41) is 13.6. The Balaban J connectivity index is 2.52. The van der Waals surface area contributed by atoms with Crippen LogP contribution in [0.25, 0.3) is 0 Å². The first-order valence-electron chi connectivity index (χ1n) is 6.91.